The number of benzene rings is 1. The maximum atomic E-state index is 12.8. The predicted molar refractivity (Wildman–Crippen MR) is 94.5 cm³/mol. The van der Waals surface area contributed by atoms with Crippen molar-refractivity contribution in [3.63, 3.8) is 0 Å². The summed E-state index contributed by atoms with van der Waals surface area (Å²) in [5.41, 5.74) is -0.0514. The Morgan fingerprint density at radius 2 is 1.60 bits per heavy atom. The smallest absolute Gasteiger partial charge is 0.217 e. The standard InChI is InChI=1S/C17H11Cl3F3N2/c18-13-4-3-11(7-14(13)19)10-25(5-1-2-6-25)16-15(20)8-12(9-24-16)17(21,22)23/h1-9H,10H2/q+1. The lowest BCUT2D eigenvalue weighted by atomic mass is 10.2. The van der Waals surface area contributed by atoms with Gasteiger partial charge in [-0.15, -0.1) is 0 Å². The topological polar surface area (TPSA) is 12.9 Å². The molecule has 8 heteroatoms. The highest BCUT2D eigenvalue weighted by atomic mass is 35.5. The summed E-state index contributed by atoms with van der Waals surface area (Å²) in [6.07, 6.45) is 3.45. The molecule has 1 aliphatic heterocycles. The van der Waals surface area contributed by atoms with Crippen LogP contribution in [-0.2, 0) is 12.7 Å². The van der Waals surface area contributed by atoms with E-state index in [0.29, 0.717) is 22.4 Å². The highest BCUT2D eigenvalue weighted by Crippen LogP contribution is 2.39. The maximum absolute atomic E-state index is 12.8. The van der Waals surface area contributed by atoms with E-state index in [1.807, 2.05) is 0 Å². The quantitative estimate of drug-likeness (QED) is 0.523. The Kier molecular flexibility index (Phi) is 4.86. The van der Waals surface area contributed by atoms with E-state index >= 15 is 0 Å². The first-order valence-corrected chi connectivity index (χ1v) is 8.26. The molecule has 3 rings (SSSR count). The Balaban J connectivity index is 2.03. The van der Waals surface area contributed by atoms with Gasteiger partial charge in [0.2, 0.25) is 0 Å². The minimum atomic E-state index is -4.50. The van der Waals surface area contributed by atoms with Gasteiger partial charge in [0.05, 0.1) is 15.6 Å². The largest absolute Gasteiger partial charge is 0.417 e. The number of pyridine rings is 1. The molecule has 0 saturated heterocycles. The summed E-state index contributed by atoms with van der Waals surface area (Å²) in [5, 5.41) is 0.761. The third kappa shape index (κ3) is 3.70. The van der Waals surface area contributed by atoms with Crippen LogP contribution in [-0.4, -0.2) is 4.98 Å². The van der Waals surface area contributed by atoms with Gasteiger partial charge in [0.15, 0.2) is 0 Å². The molecule has 0 aliphatic carbocycles. The van der Waals surface area contributed by atoms with Gasteiger partial charge in [-0.3, -0.25) is 0 Å². The molecule has 1 aliphatic rings. The van der Waals surface area contributed by atoms with Crippen molar-refractivity contribution in [2.24, 2.45) is 0 Å². The molecule has 0 bridgehead atoms. The Bertz CT molecular complexity index is 864. The minimum Gasteiger partial charge on any atom is -0.217 e. The fraction of sp³-hybridized carbons (Fsp3) is 0.118. The van der Waals surface area contributed by atoms with Crippen LogP contribution in [0.3, 0.4) is 0 Å². The van der Waals surface area contributed by atoms with Gasteiger partial charge in [0.25, 0.3) is 5.82 Å². The van der Waals surface area contributed by atoms with Crippen LogP contribution in [0.1, 0.15) is 11.1 Å². The number of allylic oxidation sites excluding steroid dienone is 2. The molecule has 2 nitrogen and oxygen atoms in total. The van der Waals surface area contributed by atoms with Crippen molar-refractivity contribution in [2.75, 3.05) is 0 Å². The van der Waals surface area contributed by atoms with Crippen molar-refractivity contribution in [3.8, 4) is 0 Å². The summed E-state index contributed by atoms with van der Waals surface area (Å²) in [7, 11) is 0. The third-order valence-electron chi connectivity index (χ3n) is 3.79. The van der Waals surface area contributed by atoms with Crippen LogP contribution in [0.2, 0.25) is 15.1 Å². The molecular formula is C17H11Cl3F3N2+. The Morgan fingerprint density at radius 1 is 0.920 bits per heavy atom. The van der Waals surface area contributed by atoms with Crippen LogP contribution >= 0.6 is 34.8 Å². The SMILES string of the molecule is FC(F)(F)c1cnc([N+]2(Cc3ccc(Cl)c(Cl)c3)C=CC=C2)c(Cl)c1. The number of hydrogen-bond acceptors (Lipinski definition) is 1. The number of aromatic nitrogens is 1. The molecule has 0 spiro atoms. The van der Waals surface area contributed by atoms with E-state index in [0.717, 1.165) is 17.8 Å². The zero-order valence-corrected chi connectivity index (χ0v) is 14.8. The van der Waals surface area contributed by atoms with Crippen molar-refractivity contribution in [1.82, 2.24) is 9.47 Å². The van der Waals surface area contributed by atoms with Crippen LogP contribution in [0.5, 0.6) is 0 Å². The fourth-order valence-electron chi connectivity index (χ4n) is 2.61. The Morgan fingerprint density at radius 3 is 2.16 bits per heavy atom. The minimum absolute atomic E-state index is 0.0505. The van der Waals surface area contributed by atoms with Gasteiger partial charge in [-0.25, -0.2) is 9.47 Å². The lowest BCUT2D eigenvalue weighted by molar-refractivity contribution is -0.137. The number of alkyl halides is 3. The van der Waals surface area contributed by atoms with Gasteiger partial charge in [-0.2, -0.15) is 13.2 Å². The second-order valence-corrected chi connectivity index (χ2v) is 6.77. The first kappa shape index (κ1) is 18.3. The van der Waals surface area contributed by atoms with Crippen LogP contribution in [0.15, 0.2) is 55.0 Å². The molecule has 1 aromatic carbocycles. The first-order chi connectivity index (χ1) is 11.7. The molecule has 0 fully saturated rings. The number of rotatable bonds is 3. The van der Waals surface area contributed by atoms with E-state index in [-0.39, 0.29) is 9.51 Å². The van der Waals surface area contributed by atoms with Gasteiger partial charge >= 0.3 is 6.18 Å². The van der Waals surface area contributed by atoms with Crippen LogP contribution in [0.25, 0.3) is 0 Å². The number of quaternary nitrogens is 1. The molecule has 0 unspecified atom stereocenters. The van der Waals surface area contributed by atoms with E-state index in [9.17, 15) is 13.2 Å². The lowest BCUT2D eigenvalue weighted by Crippen LogP contribution is -2.36. The lowest BCUT2D eigenvalue weighted by Gasteiger charge is -2.28. The summed E-state index contributed by atoms with van der Waals surface area (Å²) in [6, 6.07) is 6.06. The highest BCUT2D eigenvalue weighted by Gasteiger charge is 2.37. The van der Waals surface area contributed by atoms with Crippen LogP contribution < -0.4 is 4.48 Å². The summed E-state index contributed by atoms with van der Waals surface area (Å²) in [4.78, 5) is 3.99. The third-order valence-corrected chi connectivity index (χ3v) is 4.80. The van der Waals surface area contributed by atoms with E-state index < -0.39 is 11.7 Å². The van der Waals surface area contributed by atoms with E-state index in [1.54, 1.807) is 42.8 Å². The second kappa shape index (κ2) is 6.65. The Labute approximate surface area is 157 Å². The molecule has 2 aromatic rings. The molecule has 130 valence electrons. The van der Waals surface area contributed by atoms with Gasteiger partial charge in [0, 0.05) is 11.8 Å². The van der Waals surface area contributed by atoms with Crippen molar-refractivity contribution >= 4 is 40.6 Å². The summed E-state index contributed by atoms with van der Waals surface area (Å²) in [5.74, 6) is 0.297. The first-order valence-electron chi connectivity index (χ1n) is 7.13. The Hall–Kier alpha value is -1.53. The summed E-state index contributed by atoms with van der Waals surface area (Å²) >= 11 is 18.1. The summed E-state index contributed by atoms with van der Waals surface area (Å²) < 4.78 is 38.6. The number of nitrogens with zero attached hydrogens (tertiary/aromatic N) is 2. The van der Waals surface area contributed by atoms with Crippen molar-refractivity contribution in [1.29, 1.82) is 0 Å². The summed E-state index contributed by atoms with van der Waals surface area (Å²) in [6.45, 7) is 0.377. The van der Waals surface area contributed by atoms with Crippen molar-refractivity contribution in [2.45, 2.75) is 12.7 Å². The molecule has 2 heterocycles. The molecule has 0 saturated carbocycles. The van der Waals surface area contributed by atoms with E-state index in [1.165, 1.54) is 0 Å². The number of halogens is 6. The second-order valence-electron chi connectivity index (χ2n) is 5.55. The molecule has 1 aromatic heterocycles. The average molecular weight is 407 g/mol. The molecule has 0 radical (unpaired) electrons. The molecular weight excluding hydrogens is 396 g/mol. The average Bonchev–Trinajstić information content (AvgIpc) is 2.99. The van der Waals surface area contributed by atoms with Crippen molar-refractivity contribution < 1.29 is 13.2 Å². The zero-order chi connectivity index (χ0) is 18.2. The molecule has 0 N–H and O–H groups in total. The van der Waals surface area contributed by atoms with Crippen LogP contribution in [0.4, 0.5) is 19.0 Å². The monoisotopic (exact) mass is 405 g/mol. The zero-order valence-electron chi connectivity index (χ0n) is 12.6. The highest BCUT2D eigenvalue weighted by molar-refractivity contribution is 6.42. The molecule has 0 atom stereocenters. The van der Waals surface area contributed by atoms with Gasteiger partial charge in [-0.1, -0.05) is 40.9 Å². The molecule has 25 heavy (non-hydrogen) atoms. The van der Waals surface area contributed by atoms with E-state index in [2.05, 4.69) is 4.98 Å². The van der Waals surface area contributed by atoms with Crippen LogP contribution in [0, 0.1) is 0 Å². The van der Waals surface area contributed by atoms with Gasteiger partial charge in [-0.05, 0) is 30.4 Å². The number of hydrogen-bond donors (Lipinski definition) is 0. The maximum Gasteiger partial charge on any atom is 0.417 e. The van der Waals surface area contributed by atoms with Gasteiger partial charge < -0.3 is 0 Å². The van der Waals surface area contributed by atoms with Gasteiger partial charge in [0.1, 0.15) is 24.0 Å². The van der Waals surface area contributed by atoms with Crippen molar-refractivity contribution in [3.05, 3.63) is 81.2 Å². The fourth-order valence-corrected chi connectivity index (χ4v) is 3.25. The normalized spacial score (nSPS) is 15.8. The predicted octanol–water partition coefficient (Wildman–Crippen LogP) is 6.61. The van der Waals surface area contributed by atoms with E-state index in [4.69, 9.17) is 34.8 Å². The molecule has 0 amide bonds.